The van der Waals surface area contributed by atoms with Gasteiger partial charge < -0.3 is 5.73 Å². The second kappa shape index (κ2) is 5.42. The van der Waals surface area contributed by atoms with E-state index in [1.807, 2.05) is 6.92 Å². The van der Waals surface area contributed by atoms with Gasteiger partial charge in [0.1, 0.15) is 11.6 Å². The van der Waals surface area contributed by atoms with Crippen molar-refractivity contribution in [3.8, 4) is 0 Å². The molecule has 0 saturated heterocycles. The van der Waals surface area contributed by atoms with Gasteiger partial charge in [-0.2, -0.15) is 0 Å². The Bertz CT molecular complexity index is 342. The molecule has 0 aromatic heterocycles. The zero-order valence-electron chi connectivity index (χ0n) is 8.56. The number of rotatable bonds is 4. The molecule has 15 heavy (non-hydrogen) atoms. The molecular formula is C11H14ClF2N. The molecule has 1 aromatic carbocycles. The van der Waals surface area contributed by atoms with E-state index < -0.39 is 17.7 Å². The summed E-state index contributed by atoms with van der Waals surface area (Å²) in [7, 11) is 0. The maximum atomic E-state index is 13.4. The highest BCUT2D eigenvalue weighted by Gasteiger charge is 2.14. The molecular weight excluding hydrogens is 220 g/mol. The third kappa shape index (κ3) is 3.14. The van der Waals surface area contributed by atoms with E-state index in [4.69, 9.17) is 17.3 Å². The lowest BCUT2D eigenvalue weighted by atomic mass is 10.0. The standard InChI is InChI=1S/C11H14ClF2N/c1-2-3-4-11(15)7-5-10(14)8(12)6-9(7)13/h5-6,11H,2-4,15H2,1H3. The van der Waals surface area contributed by atoms with Crippen molar-refractivity contribution in [3.63, 3.8) is 0 Å². The highest BCUT2D eigenvalue weighted by Crippen LogP contribution is 2.25. The van der Waals surface area contributed by atoms with Crippen molar-refractivity contribution in [2.24, 2.45) is 5.73 Å². The van der Waals surface area contributed by atoms with Crippen LogP contribution >= 0.6 is 11.6 Å². The summed E-state index contributed by atoms with van der Waals surface area (Å²) in [6, 6.07) is 1.59. The maximum absolute atomic E-state index is 13.4. The molecule has 0 bridgehead atoms. The van der Waals surface area contributed by atoms with Gasteiger partial charge in [-0.15, -0.1) is 0 Å². The summed E-state index contributed by atoms with van der Waals surface area (Å²) in [6.07, 6.45) is 2.52. The zero-order chi connectivity index (χ0) is 11.4. The predicted octanol–water partition coefficient (Wildman–Crippen LogP) is 3.81. The van der Waals surface area contributed by atoms with Crippen LogP contribution in [0.5, 0.6) is 0 Å². The van der Waals surface area contributed by atoms with Gasteiger partial charge in [-0.05, 0) is 18.6 Å². The summed E-state index contributed by atoms with van der Waals surface area (Å²) in [5.41, 5.74) is 5.95. The highest BCUT2D eigenvalue weighted by molar-refractivity contribution is 6.30. The number of nitrogens with two attached hydrogens (primary N) is 1. The molecule has 0 amide bonds. The second-order valence-electron chi connectivity index (χ2n) is 3.54. The average Bonchev–Trinajstić information content (AvgIpc) is 2.20. The fourth-order valence-electron chi connectivity index (χ4n) is 1.40. The van der Waals surface area contributed by atoms with Crippen LogP contribution in [0.4, 0.5) is 8.78 Å². The number of benzene rings is 1. The molecule has 0 spiro atoms. The monoisotopic (exact) mass is 233 g/mol. The summed E-state index contributed by atoms with van der Waals surface area (Å²) in [4.78, 5) is 0. The molecule has 0 aliphatic rings. The predicted molar refractivity (Wildman–Crippen MR) is 57.8 cm³/mol. The van der Waals surface area contributed by atoms with Gasteiger partial charge in [0.15, 0.2) is 0 Å². The van der Waals surface area contributed by atoms with Crippen molar-refractivity contribution in [1.82, 2.24) is 0 Å². The second-order valence-corrected chi connectivity index (χ2v) is 3.94. The Labute approximate surface area is 93.2 Å². The molecule has 84 valence electrons. The van der Waals surface area contributed by atoms with Crippen molar-refractivity contribution >= 4 is 11.6 Å². The van der Waals surface area contributed by atoms with Crippen molar-refractivity contribution in [2.45, 2.75) is 32.2 Å². The van der Waals surface area contributed by atoms with Crippen molar-refractivity contribution < 1.29 is 8.78 Å². The van der Waals surface area contributed by atoms with Gasteiger partial charge in [-0.3, -0.25) is 0 Å². The topological polar surface area (TPSA) is 26.0 Å². The lowest BCUT2D eigenvalue weighted by Crippen LogP contribution is -2.12. The molecule has 1 aromatic rings. The smallest absolute Gasteiger partial charge is 0.142 e. The van der Waals surface area contributed by atoms with Crippen LogP contribution in [0.25, 0.3) is 0 Å². The summed E-state index contributed by atoms with van der Waals surface area (Å²) in [5, 5.41) is -0.209. The summed E-state index contributed by atoms with van der Waals surface area (Å²) in [5.74, 6) is -1.16. The van der Waals surface area contributed by atoms with Gasteiger partial charge in [0.05, 0.1) is 5.02 Å². The van der Waals surface area contributed by atoms with Gasteiger partial charge in [0, 0.05) is 11.6 Å². The number of hydrogen-bond donors (Lipinski definition) is 1. The van der Waals surface area contributed by atoms with E-state index in [0.717, 1.165) is 25.0 Å². The molecule has 1 rings (SSSR count). The zero-order valence-corrected chi connectivity index (χ0v) is 9.32. The minimum Gasteiger partial charge on any atom is -0.324 e. The minimum atomic E-state index is -0.625. The first-order valence-corrected chi connectivity index (χ1v) is 5.34. The minimum absolute atomic E-state index is 0.199. The third-order valence-corrected chi connectivity index (χ3v) is 2.60. The molecule has 0 aliphatic heterocycles. The molecule has 1 nitrogen and oxygen atoms in total. The van der Waals surface area contributed by atoms with Gasteiger partial charge in [-0.25, -0.2) is 8.78 Å². The third-order valence-electron chi connectivity index (χ3n) is 2.31. The number of hydrogen-bond acceptors (Lipinski definition) is 1. The Hall–Kier alpha value is -0.670. The first-order chi connectivity index (χ1) is 7.06. The summed E-state index contributed by atoms with van der Waals surface area (Å²) >= 11 is 5.44. The Kier molecular flexibility index (Phi) is 4.48. The molecule has 2 N–H and O–H groups in total. The van der Waals surface area contributed by atoms with Crippen LogP contribution in [-0.2, 0) is 0 Å². The molecule has 0 aliphatic carbocycles. The van der Waals surface area contributed by atoms with Crippen molar-refractivity contribution in [3.05, 3.63) is 34.4 Å². The summed E-state index contributed by atoms with van der Waals surface area (Å²) in [6.45, 7) is 2.02. The molecule has 1 atom stereocenters. The number of unbranched alkanes of at least 4 members (excludes halogenated alkanes) is 1. The van der Waals surface area contributed by atoms with Gasteiger partial charge in [0.2, 0.25) is 0 Å². The molecule has 0 saturated carbocycles. The van der Waals surface area contributed by atoms with Crippen molar-refractivity contribution in [1.29, 1.82) is 0 Å². The average molecular weight is 234 g/mol. The van der Waals surface area contributed by atoms with Crippen LogP contribution in [0.3, 0.4) is 0 Å². The number of halogens is 3. The lowest BCUT2D eigenvalue weighted by molar-refractivity contribution is 0.536. The lowest BCUT2D eigenvalue weighted by Gasteiger charge is -2.12. The Morgan fingerprint density at radius 2 is 2.00 bits per heavy atom. The van der Waals surface area contributed by atoms with E-state index in [1.165, 1.54) is 0 Å². The van der Waals surface area contributed by atoms with E-state index in [0.29, 0.717) is 6.42 Å². The highest BCUT2D eigenvalue weighted by atomic mass is 35.5. The Morgan fingerprint density at radius 3 is 2.60 bits per heavy atom. The van der Waals surface area contributed by atoms with Crippen LogP contribution in [0.15, 0.2) is 12.1 Å². The van der Waals surface area contributed by atoms with E-state index in [-0.39, 0.29) is 10.6 Å². The fourth-order valence-corrected chi connectivity index (χ4v) is 1.55. The Morgan fingerprint density at radius 1 is 1.33 bits per heavy atom. The van der Waals surface area contributed by atoms with Gasteiger partial charge >= 0.3 is 0 Å². The first-order valence-electron chi connectivity index (χ1n) is 4.96. The molecule has 4 heteroatoms. The van der Waals surface area contributed by atoms with Crippen LogP contribution in [0.1, 0.15) is 37.8 Å². The van der Waals surface area contributed by atoms with Crippen LogP contribution in [-0.4, -0.2) is 0 Å². The summed E-state index contributed by atoms with van der Waals surface area (Å²) < 4.78 is 26.5. The van der Waals surface area contributed by atoms with Crippen molar-refractivity contribution in [2.75, 3.05) is 0 Å². The quantitative estimate of drug-likeness (QED) is 0.787. The Balaban J connectivity index is 2.88. The molecule has 1 unspecified atom stereocenters. The van der Waals surface area contributed by atoms with Gasteiger partial charge in [-0.1, -0.05) is 31.4 Å². The maximum Gasteiger partial charge on any atom is 0.142 e. The van der Waals surface area contributed by atoms with Gasteiger partial charge in [0.25, 0.3) is 0 Å². The van der Waals surface area contributed by atoms with Crippen LogP contribution < -0.4 is 5.73 Å². The molecule has 0 fully saturated rings. The van der Waals surface area contributed by atoms with Crippen LogP contribution in [0.2, 0.25) is 5.02 Å². The van der Waals surface area contributed by atoms with E-state index >= 15 is 0 Å². The van der Waals surface area contributed by atoms with E-state index in [1.54, 1.807) is 0 Å². The van der Waals surface area contributed by atoms with E-state index in [2.05, 4.69) is 0 Å². The largest absolute Gasteiger partial charge is 0.324 e. The first kappa shape index (κ1) is 12.4. The normalized spacial score (nSPS) is 12.9. The molecule has 0 heterocycles. The van der Waals surface area contributed by atoms with Crippen LogP contribution in [0, 0.1) is 11.6 Å². The van der Waals surface area contributed by atoms with E-state index in [9.17, 15) is 8.78 Å². The SMILES string of the molecule is CCCCC(N)c1cc(F)c(Cl)cc1F. The fraction of sp³-hybridized carbons (Fsp3) is 0.455. The molecule has 0 radical (unpaired) electrons.